The number of methoxy groups -OCH3 is 2. The molecule has 0 unspecified atom stereocenters. The molecular weight excluding hydrogens is 459 g/mol. The summed E-state index contributed by atoms with van der Waals surface area (Å²) in [6.07, 6.45) is 0. The third-order valence-corrected chi connectivity index (χ3v) is 7.08. The summed E-state index contributed by atoms with van der Waals surface area (Å²) in [5.74, 6) is 0.0119. The van der Waals surface area contributed by atoms with E-state index < -0.39 is 34.3 Å². The smallest absolute Gasteiger partial charge is 0.264 e. The largest absolute Gasteiger partial charge is 0.493 e. The molecule has 0 saturated carbocycles. The minimum Gasteiger partial charge on any atom is -0.493 e. The van der Waals surface area contributed by atoms with Crippen molar-refractivity contribution in [3.05, 3.63) is 83.7 Å². The predicted octanol–water partition coefficient (Wildman–Crippen LogP) is 4.22. The van der Waals surface area contributed by atoms with Gasteiger partial charge in [0.15, 0.2) is 11.5 Å². The van der Waals surface area contributed by atoms with Crippen molar-refractivity contribution in [2.24, 2.45) is 0 Å². The van der Waals surface area contributed by atoms with Crippen LogP contribution in [0.25, 0.3) is 0 Å². The van der Waals surface area contributed by atoms with Crippen LogP contribution >= 0.6 is 0 Å². The molecule has 1 atom stereocenters. The van der Waals surface area contributed by atoms with Gasteiger partial charge in [-0.25, -0.2) is 12.8 Å². The molecule has 0 aliphatic heterocycles. The topological polar surface area (TPSA) is 84.9 Å². The van der Waals surface area contributed by atoms with Crippen LogP contribution in [0.4, 0.5) is 10.1 Å². The lowest BCUT2D eigenvalue weighted by molar-refractivity contribution is -0.120. The normalized spacial score (nSPS) is 12.0. The first-order valence-corrected chi connectivity index (χ1v) is 12.0. The Morgan fingerprint density at radius 2 is 1.59 bits per heavy atom. The lowest BCUT2D eigenvalue weighted by atomic mass is 10.1. The van der Waals surface area contributed by atoms with Gasteiger partial charge in [-0.3, -0.25) is 9.10 Å². The molecule has 0 spiro atoms. The molecule has 9 heteroatoms. The first-order chi connectivity index (χ1) is 16.1. The molecule has 0 radical (unpaired) electrons. The van der Waals surface area contributed by atoms with Crippen molar-refractivity contribution in [2.75, 3.05) is 25.1 Å². The highest BCUT2D eigenvalue weighted by Crippen LogP contribution is 2.30. The van der Waals surface area contributed by atoms with Crippen molar-refractivity contribution in [1.82, 2.24) is 5.32 Å². The van der Waals surface area contributed by atoms with Crippen LogP contribution in [-0.2, 0) is 14.8 Å². The maximum Gasteiger partial charge on any atom is 0.264 e. The van der Waals surface area contributed by atoms with E-state index in [-0.39, 0.29) is 4.90 Å². The summed E-state index contributed by atoms with van der Waals surface area (Å²) < 4.78 is 51.7. The standard InChI is InChI=1S/C25H27FN2O5S/c1-17-5-10-21(11-6-17)28(34(30,31)22-12-8-20(26)9-13-22)16-25(29)27-18(2)19-7-14-23(32-3)24(15-19)33-4/h5-15,18H,16H2,1-4H3,(H,27,29)/t18-/m0/s1. The first-order valence-electron chi connectivity index (χ1n) is 10.5. The van der Waals surface area contributed by atoms with Gasteiger partial charge in [0.25, 0.3) is 10.0 Å². The highest BCUT2D eigenvalue weighted by Gasteiger charge is 2.28. The summed E-state index contributed by atoms with van der Waals surface area (Å²) in [6.45, 7) is 3.20. The number of carbonyl (C=O) groups is 1. The van der Waals surface area contributed by atoms with E-state index in [1.165, 1.54) is 26.4 Å². The Bertz CT molecular complexity index is 1250. The lowest BCUT2D eigenvalue weighted by Gasteiger charge is -2.25. The van der Waals surface area contributed by atoms with Crippen molar-refractivity contribution in [3.8, 4) is 11.5 Å². The zero-order valence-corrected chi connectivity index (χ0v) is 20.2. The van der Waals surface area contributed by atoms with E-state index in [2.05, 4.69) is 5.32 Å². The van der Waals surface area contributed by atoms with Crippen LogP contribution in [0.2, 0.25) is 0 Å². The van der Waals surface area contributed by atoms with Crippen molar-refractivity contribution in [3.63, 3.8) is 0 Å². The Balaban J connectivity index is 1.87. The predicted molar refractivity (Wildman–Crippen MR) is 128 cm³/mol. The molecule has 3 aromatic rings. The minimum absolute atomic E-state index is 0.116. The van der Waals surface area contributed by atoms with Crippen molar-refractivity contribution >= 4 is 21.6 Å². The van der Waals surface area contributed by atoms with Crippen molar-refractivity contribution < 1.29 is 27.1 Å². The molecule has 1 amide bonds. The number of aryl methyl sites for hydroxylation is 1. The van der Waals surface area contributed by atoms with E-state index in [1.807, 2.05) is 6.92 Å². The number of nitrogens with zero attached hydrogens (tertiary/aromatic N) is 1. The van der Waals surface area contributed by atoms with E-state index >= 15 is 0 Å². The number of anilines is 1. The molecule has 0 saturated heterocycles. The summed E-state index contributed by atoms with van der Waals surface area (Å²) in [5, 5.41) is 2.83. The molecule has 0 aliphatic rings. The molecule has 1 N–H and O–H groups in total. The SMILES string of the molecule is COc1ccc([C@H](C)NC(=O)CN(c2ccc(C)cc2)S(=O)(=O)c2ccc(F)cc2)cc1OC. The second-order valence-corrected chi connectivity index (χ2v) is 9.57. The quantitative estimate of drug-likeness (QED) is 0.490. The fourth-order valence-electron chi connectivity index (χ4n) is 3.38. The number of nitrogens with one attached hydrogen (secondary N) is 1. The maximum absolute atomic E-state index is 13.4. The highest BCUT2D eigenvalue weighted by atomic mass is 32.2. The maximum atomic E-state index is 13.4. The highest BCUT2D eigenvalue weighted by molar-refractivity contribution is 7.92. The van der Waals surface area contributed by atoms with Crippen LogP contribution < -0.4 is 19.1 Å². The second-order valence-electron chi connectivity index (χ2n) is 7.70. The van der Waals surface area contributed by atoms with Crippen LogP contribution in [0.3, 0.4) is 0 Å². The zero-order valence-electron chi connectivity index (χ0n) is 19.4. The Hall–Kier alpha value is -3.59. The number of rotatable bonds is 9. The Labute approximate surface area is 199 Å². The molecular formula is C25H27FN2O5S. The molecule has 0 bridgehead atoms. The molecule has 180 valence electrons. The Morgan fingerprint density at radius 3 is 2.18 bits per heavy atom. The van der Waals surface area contributed by atoms with Crippen molar-refractivity contribution in [2.45, 2.75) is 24.8 Å². The van der Waals surface area contributed by atoms with Gasteiger partial charge < -0.3 is 14.8 Å². The van der Waals surface area contributed by atoms with Gasteiger partial charge in [0.05, 0.1) is 30.8 Å². The van der Waals surface area contributed by atoms with Gasteiger partial charge >= 0.3 is 0 Å². The van der Waals surface area contributed by atoms with Gasteiger partial charge in [0.2, 0.25) is 5.91 Å². The van der Waals surface area contributed by atoms with E-state index in [9.17, 15) is 17.6 Å². The number of ether oxygens (including phenoxy) is 2. The molecule has 0 fully saturated rings. The fourth-order valence-corrected chi connectivity index (χ4v) is 4.80. The van der Waals surface area contributed by atoms with Gasteiger partial charge in [-0.2, -0.15) is 0 Å². The van der Waals surface area contributed by atoms with Gasteiger partial charge in [0.1, 0.15) is 12.4 Å². The molecule has 3 aromatic carbocycles. The van der Waals surface area contributed by atoms with Crippen molar-refractivity contribution in [1.29, 1.82) is 0 Å². The monoisotopic (exact) mass is 486 g/mol. The third-order valence-electron chi connectivity index (χ3n) is 5.30. The van der Waals surface area contributed by atoms with Gasteiger partial charge in [-0.15, -0.1) is 0 Å². The second kappa shape index (κ2) is 10.6. The summed E-state index contributed by atoms with van der Waals surface area (Å²) >= 11 is 0. The van der Waals surface area contributed by atoms with E-state index in [4.69, 9.17) is 9.47 Å². The number of amides is 1. The van der Waals surface area contributed by atoms with Crippen LogP contribution in [0.15, 0.2) is 71.6 Å². The number of carbonyl (C=O) groups excluding carboxylic acids is 1. The number of halogens is 1. The van der Waals surface area contributed by atoms with E-state index in [0.717, 1.165) is 27.6 Å². The summed E-state index contributed by atoms with van der Waals surface area (Å²) in [6, 6.07) is 16.1. The zero-order chi connectivity index (χ0) is 24.9. The molecule has 0 aromatic heterocycles. The fraction of sp³-hybridized carbons (Fsp3) is 0.240. The molecule has 3 rings (SSSR count). The van der Waals surface area contributed by atoms with Crippen LogP contribution in [0, 0.1) is 12.7 Å². The van der Waals surface area contributed by atoms with Gasteiger partial charge in [-0.05, 0) is 67.9 Å². The van der Waals surface area contributed by atoms with Crippen LogP contribution in [0.5, 0.6) is 11.5 Å². The molecule has 0 heterocycles. The van der Waals surface area contributed by atoms with Gasteiger partial charge in [-0.1, -0.05) is 23.8 Å². The number of hydrogen-bond donors (Lipinski definition) is 1. The van der Waals surface area contributed by atoms with E-state index in [1.54, 1.807) is 49.4 Å². The third kappa shape index (κ3) is 5.66. The Kier molecular flexibility index (Phi) is 7.78. The Morgan fingerprint density at radius 1 is 0.971 bits per heavy atom. The summed E-state index contributed by atoms with van der Waals surface area (Å²) in [7, 11) is -1.08. The molecule has 7 nitrogen and oxygen atoms in total. The summed E-state index contributed by atoms with van der Waals surface area (Å²) in [5.41, 5.74) is 2.02. The van der Waals surface area contributed by atoms with Crippen LogP contribution in [-0.4, -0.2) is 35.1 Å². The number of sulfonamides is 1. The average Bonchev–Trinajstić information content (AvgIpc) is 2.82. The molecule has 0 aliphatic carbocycles. The summed E-state index contributed by atoms with van der Waals surface area (Å²) in [4.78, 5) is 12.8. The minimum atomic E-state index is -4.13. The average molecular weight is 487 g/mol. The lowest BCUT2D eigenvalue weighted by Crippen LogP contribution is -2.41. The number of benzene rings is 3. The number of hydrogen-bond acceptors (Lipinski definition) is 5. The molecule has 34 heavy (non-hydrogen) atoms. The van der Waals surface area contributed by atoms with E-state index in [0.29, 0.717) is 17.2 Å². The first kappa shape index (κ1) is 25.0. The van der Waals surface area contributed by atoms with Gasteiger partial charge in [0, 0.05) is 0 Å². The van der Waals surface area contributed by atoms with Crippen LogP contribution in [0.1, 0.15) is 24.1 Å².